The molecule has 0 aliphatic rings. The predicted molar refractivity (Wildman–Crippen MR) is 88.0 cm³/mol. The molecule has 0 saturated heterocycles. The van der Waals surface area contributed by atoms with Crippen LogP contribution in [-0.2, 0) is 4.79 Å². The molecule has 6 nitrogen and oxygen atoms in total. The highest BCUT2D eigenvalue weighted by Gasteiger charge is 2.06. The molecule has 1 N–H and O–H groups in total. The first kappa shape index (κ1) is 17.1. The first-order valence-corrected chi connectivity index (χ1v) is 7.06. The zero-order valence-corrected chi connectivity index (χ0v) is 13.2. The Kier molecular flexibility index (Phi) is 5.57. The van der Waals surface area contributed by atoms with Crippen molar-refractivity contribution in [2.75, 3.05) is 19.5 Å². The maximum atomic E-state index is 12.0. The lowest BCUT2D eigenvalue weighted by molar-refractivity contribution is -0.254. The Morgan fingerprint density at radius 3 is 2.42 bits per heavy atom. The van der Waals surface area contributed by atoms with Gasteiger partial charge in [0.15, 0.2) is 11.5 Å². The highest BCUT2D eigenvalue weighted by Crippen LogP contribution is 2.28. The summed E-state index contributed by atoms with van der Waals surface area (Å²) in [6, 6.07) is 11.2. The molecule has 124 valence electrons. The van der Waals surface area contributed by atoms with Gasteiger partial charge in [-0.25, -0.2) is 0 Å². The summed E-state index contributed by atoms with van der Waals surface area (Å²) in [4.78, 5) is 23.0. The van der Waals surface area contributed by atoms with Gasteiger partial charge >= 0.3 is 0 Å². The first-order valence-electron chi connectivity index (χ1n) is 7.06. The number of ether oxygens (including phenoxy) is 2. The molecule has 6 heteroatoms. The number of hydrogen-bond acceptors (Lipinski definition) is 5. The summed E-state index contributed by atoms with van der Waals surface area (Å²) in [5.41, 5.74) is 0.834. The smallest absolute Gasteiger partial charge is 0.248 e. The molecule has 0 spiro atoms. The van der Waals surface area contributed by atoms with E-state index < -0.39 is 11.9 Å². The molecule has 0 aliphatic carbocycles. The molecule has 0 bridgehead atoms. The van der Waals surface area contributed by atoms with Crippen LogP contribution in [0.2, 0.25) is 0 Å². The first-order chi connectivity index (χ1) is 11.5. The van der Waals surface area contributed by atoms with Crippen molar-refractivity contribution < 1.29 is 24.2 Å². The third kappa shape index (κ3) is 4.13. The minimum absolute atomic E-state index is 0.0784. The Bertz CT molecular complexity index is 783. The monoisotopic (exact) mass is 326 g/mol. The van der Waals surface area contributed by atoms with Gasteiger partial charge in [-0.2, -0.15) is 0 Å². The van der Waals surface area contributed by atoms with Gasteiger partial charge in [0.25, 0.3) is 0 Å². The number of hydrogen-bond donors (Lipinski definition) is 1. The molecule has 0 atom stereocenters. The van der Waals surface area contributed by atoms with Gasteiger partial charge < -0.3 is 24.7 Å². The molecule has 2 aromatic rings. The summed E-state index contributed by atoms with van der Waals surface area (Å²) in [7, 11) is 3.06. The van der Waals surface area contributed by atoms with Crippen LogP contribution >= 0.6 is 0 Å². The van der Waals surface area contributed by atoms with E-state index in [4.69, 9.17) is 9.47 Å². The van der Waals surface area contributed by atoms with Gasteiger partial charge in [0, 0.05) is 11.6 Å². The van der Waals surface area contributed by atoms with Gasteiger partial charge in [-0.3, -0.25) is 4.79 Å². The topological polar surface area (TPSA) is 87.7 Å². The van der Waals surface area contributed by atoms with Crippen LogP contribution in [0.1, 0.15) is 15.9 Å². The molecule has 0 fully saturated rings. The Morgan fingerprint density at radius 2 is 1.75 bits per heavy atom. The second-order valence-electron chi connectivity index (χ2n) is 4.77. The average molecular weight is 326 g/mol. The van der Waals surface area contributed by atoms with Crippen LogP contribution in [0.4, 0.5) is 5.69 Å². The summed E-state index contributed by atoms with van der Waals surface area (Å²) < 4.78 is 10.3. The number of carbonyl (C=O) groups is 2. The van der Waals surface area contributed by atoms with E-state index in [2.05, 4.69) is 5.32 Å². The molecule has 0 saturated carbocycles. The van der Waals surface area contributed by atoms with Crippen LogP contribution in [0.3, 0.4) is 0 Å². The van der Waals surface area contributed by atoms with Gasteiger partial charge in [-0.15, -0.1) is 0 Å². The maximum absolute atomic E-state index is 12.0. The van der Waals surface area contributed by atoms with Crippen molar-refractivity contribution in [3.8, 4) is 11.5 Å². The zero-order chi connectivity index (χ0) is 17.5. The molecule has 0 unspecified atom stereocenters. The van der Waals surface area contributed by atoms with E-state index in [9.17, 15) is 14.7 Å². The van der Waals surface area contributed by atoms with Crippen molar-refractivity contribution in [3.05, 3.63) is 59.7 Å². The van der Waals surface area contributed by atoms with Crippen LogP contribution in [0.15, 0.2) is 48.5 Å². The molecule has 0 heterocycles. The minimum atomic E-state index is -1.35. The third-order valence-corrected chi connectivity index (χ3v) is 3.24. The number of para-hydroxylation sites is 1. The molecular formula is C18H16NO5-. The van der Waals surface area contributed by atoms with Crippen molar-refractivity contribution in [1.29, 1.82) is 0 Å². The number of benzene rings is 2. The van der Waals surface area contributed by atoms with E-state index in [1.165, 1.54) is 32.4 Å². The number of aromatic carboxylic acids is 1. The van der Waals surface area contributed by atoms with Crippen LogP contribution in [0.5, 0.6) is 11.5 Å². The van der Waals surface area contributed by atoms with Crippen LogP contribution in [0, 0.1) is 0 Å². The number of methoxy groups -OCH3 is 2. The number of amides is 1. The fourth-order valence-corrected chi connectivity index (χ4v) is 2.07. The van der Waals surface area contributed by atoms with Crippen LogP contribution in [-0.4, -0.2) is 26.1 Å². The highest BCUT2D eigenvalue weighted by atomic mass is 16.5. The fraction of sp³-hybridized carbons (Fsp3) is 0.111. The van der Waals surface area contributed by atoms with Crippen molar-refractivity contribution in [1.82, 2.24) is 0 Å². The van der Waals surface area contributed by atoms with E-state index in [-0.39, 0.29) is 11.3 Å². The molecular weight excluding hydrogens is 310 g/mol. The Balaban J connectivity index is 2.13. The number of nitrogens with one attached hydrogen (secondary N) is 1. The lowest BCUT2D eigenvalue weighted by Gasteiger charge is -2.10. The molecule has 0 aromatic heterocycles. The molecule has 0 radical (unpaired) electrons. The lowest BCUT2D eigenvalue weighted by atomic mass is 10.1. The molecule has 0 aliphatic heterocycles. The Hall–Kier alpha value is -3.28. The quantitative estimate of drug-likeness (QED) is 0.817. The predicted octanol–water partition coefficient (Wildman–Crippen LogP) is 1.72. The Labute approximate surface area is 139 Å². The molecule has 24 heavy (non-hydrogen) atoms. The third-order valence-electron chi connectivity index (χ3n) is 3.24. The largest absolute Gasteiger partial charge is 0.545 e. The number of rotatable bonds is 6. The number of carbonyl (C=O) groups excluding carboxylic acids is 2. The van der Waals surface area contributed by atoms with Crippen molar-refractivity contribution in [2.24, 2.45) is 0 Å². The van der Waals surface area contributed by atoms with Gasteiger partial charge in [-0.05, 0) is 29.8 Å². The van der Waals surface area contributed by atoms with E-state index in [0.717, 1.165) is 5.56 Å². The molecule has 2 rings (SSSR count). The van der Waals surface area contributed by atoms with E-state index in [0.29, 0.717) is 11.5 Å². The highest BCUT2D eigenvalue weighted by molar-refractivity contribution is 6.05. The number of anilines is 1. The summed E-state index contributed by atoms with van der Waals surface area (Å²) in [5.74, 6) is -0.683. The van der Waals surface area contributed by atoms with Crippen molar-refractivity contribution in [3.63, 3.8) is 0 Å². The summed E-state index contributed by atoms with van der Waals surface area (Å²) in [6.45, 7) is 0. The van der Waals surface area contributed by atoms with Crippen molar-refractivity contribution >= 4 is 23.6 Å². The summed E-state index contributed by atoms with van der Waals surface area (Å²) >= 11 is 0. The summed E-state index contributed by atoms with van der Waals surface area (Å²) in [6.07, 6.45) is 2.88. The van der Waals surface area contributed by atoms with Crippen molar-refractivity contribution in [2.45, 2.75) is 0 Å². The zero-order valence-electron chi connectivity index (χ0n) is 13.2. The minimum Gasteiger partial charge on any atom is -0.545 e. The number of carboxylic acids is 1. The van der Waals surface area contributed by atoms with Crippen LogP contribution in [0.25, 0.3) is 6.08 Å². The summed E-state index contributed by atoms with van der Waals surface area (Å²) in [5, 5.41) is 13.5. The lowest BCUT2D eigenvalue weighted by Crippen LogP contribution is -2.24. The average Bonchev–Trinajstić information content (AvgIpc) is 2.59. The maximum Gasteiger partial charge on any atom is 0.248 e. The fourth-order valence-electron chi connectivity index (χ4n) is 2.07. The van der Waals surface area contributed by atoms with Gasteiger partial charge in [0.05, 0.1) is 25.9 Å². The Morgan fingerprint density at radius 1 is 1.04 bits per heavy atom. The van der Waals surface area contributed by atoms with E-state index in [1.54, 1.807) is 36.4 Å². The standard InChI is InChI=1S/C18H17NO5/c1-23-15-9-7-12(11-16(15)24-2)8-10-17(20)19-14-6-4-3-5-13(14)18(21)22/h3-11H,1-2H3,(H,19,20)(H,21,22)/p-1/b10-8+. The molecule has 1 amide bonds. The van der Waals surface area contributed by atoms with E-state index >= 15 is 0 Å². The van der Waals surface area contributed by atoms with Gasteiger partial charge in [0.1, 0.15) is 0 Å². The normalized spacial score (nSPS) is 10.4. The number of carboxylic acid groups (broad SMARTS) is 1. The second-order valence-corrected chi connectivity index (χ2v) is 4.77. The molecule has 2 aromatic carbocycles. The van der Waals surface area contributed by atoms with Gasteiger partial charge in [-0.1, -0.05) is 24.3 Å². The second kappa shape index (κ2) is 7.82. The van der Waals surface area contributed by atoms with E-state index in [1.807, 2.05) is 0 Å². The van der Waals surface area contributed by atoms with Crippen LogP contribution < -0.4 is 19.9 Å². The SMILES string of the molecule is COc1ccc(/C=C/C(=O)Nc2ccccc2C(=O)[O-])cc1OC. The van der Waals surface area contributed by atoms with Gasteiger partial charge in [0.2, 0.25) is 5.91 Å².